The van der Waals surface area contributed by atoms with Crippen LogP contribution in [0.3, 0.4) is 0 Å². The number of hydrogen-bond donors (Lipinski definition) is 0. The van der Waals surface area contributed by atoms with Gasteiger partial charge in [-0.3, -0.25) is 0 Å². The molecule has 0 spiro atoms. The summed E-state index contributed by atoms with van der Waals surface area (Å²) in [6.07, 6.45) is -0.138. The van der Waals surface area contributed by atoms with Crippen molar-refractivity contribution in [3.63, 3.8) is 0 Å². The van der Waals surface area contributed by atoms with Gasteiger partial charge in [0, 0.05) is 13.1 Å². The lowest BCUT2D eigenvalue weighted by atomic mass is 10.1. The van der Waals surface area contributed by atoms with Gasteiger partial charge in [0.05, 0.1) is 17.1 Å². The molecular formula is C15H23NO3S. The molecule has 0 saturated carbocycles. The van der Waals surface area contributed by atoms with Crippen LogP contribution in [0, 0.1) is 20.8 Å². The minimum atomic E-state index is -3.44. The maximum atomic E-state index is 12.8. The predicted molar refractivity (Wildman–Crippen MR) is 79.4 cm³/mol. The molecular weight excluding hydrogens is 274 g/mol. The van der Waals surface area contributed by atoms with Crippen LogP contribution < -0.4 is 0 Å². The highest BCUT2D eigenvalue weighted by atomic mass is 32.2. The second-order valence-electron chi connectivity index (χ2n) is 5.71. The molecule has 0 unspecified atom stereocenters. The molecule has 5 heteroatoms. The number of rotatable bonds is 2. The molecule has 1 aromatic rings. The molecule has 0 amide bonds. The van der Waals surface area contributed by atoms with E-state index >= 15 is 0 Å². The number of benzene rings is 1. The molecule has 1 aliphatic heterocycles. The zero-order valence-electron chi connectivity index (χ0n) is 12.8. The third-order valence-corrected chi connectivity index (χ3v) is 5.99. The summed E-state index contributed by atoms with van der Waals surface area (Å²) < 4.78 is 32.8. The summed E-state index contributed by atoms with van der Waals surface area (Å²) in [5.74, 6) is 0. The lowest BCUT2D eigenvalue weighted by molar-refractivity contribution is -0.0440. The topological polar surface area (TPSA) is 46.6 Å². The van der Waals surface area contributed by atoms with E-state index in [4.69, 9.17) is 4.74 Å². The first-order chi connectivity index (χ1) is 9.23. The fourth-order valence-electron chi connectivity index (χ4n) is 2.68. The molecule has 1 aromatic carbocycles. The third-order valence-electron chi connectivity index (χ3n) is 4.01. The summed E-state index contributed by atoms with van der Waals surface area (Å²) >= 11 is 0. The van der Waals surface area contributed by atoms with Crippen molar-refractivity contribution in [3.8, 4) is 0 Å². The minimum Gasteiger partial charge on any atom is -0.373 e. The molecule has 1 fully saturated rings. The van der Waals surface area contributed by atoms with Crippen LogP contribution >= 0.6 is 0 Å². The Kier molecular flexibility index (Phi) is 4.23. The number of ether oxygens (including phenoxy) is 1. The Hall–Kier alpha value is -0.910. The average molecular weight is 297 g/mol. The quantitative estimate of drug-likeness (QED) is 0.842. The maximum absolute atomic E-state index is 12.8. The molecule has 0 radical (unpaired) electrons. The minimum absolute atomic E-state index is 0.0691. The predicted octanol–water partition coefficient (Wildman–Crippen LogP) is 2.41. The monoisotopic (exact) mass is 297 g/mol. The van der Waals surface area contributed by atoms with Crippen LogP contribution in [0.1, 0.15) is 30.5 Å². The van der Waals surface area contributed by atoms with E-state index in [2.05, 4.69) is 0 Å². The molecule has 1 saturated heterocycles. The van der Waals surface area contributed by atoms with Crippen LogP contribution in [0.5, 0.6) is 0 Å². The van der Waals surface area contributed by atoms with Crippen molar-refractivity contribution in [1.82, 2.24) is 4.31 Å². The molecule has 1 heterocycles. The molecule has 0 N–H and O–H groups in total. The highest BCUT2D eigenvalue weighted by molar-refractivity contribution is 7.89. The Bertz CT molecular complexity index is 600. The van der Waals surface area contributed by atoms with Crippen LogP contribution in [-0.2, 0) is 14.8 Å². The van der Waals surface area contributed by atoms with E-state index in [0.29, 0.717) is 18.0 Å². The number of morpholine rings is 1. The van der Waals surface area contributed by atoms with Gasteiger partial charge in [0.25, 0.3) is 0 Å². The maximum Gasteiger partial charge on any atom is 0.243 e. The van der Waals surface area contributed by atoms with Crippen molar-refractivity contribution in [2.24, 2.45) is 0 Å². The van der Waals surface area contributed by atoms with Gasteiger partial charge in [-0.25, -0.2) is 8.42 Å². The van der Waals surface area contributed by atoms with Crippen LogP contribution in [0.4, 0.5) is 0 Å². The van der Waals surface area contributed by atoms with E-state index < -0.39 is 10.0 Å². The Morgan fingerprint density at radius 1 is 1.05 bits per heavy atom. The molecule has 2 rings (SSSR count). The van der Waals surface area contributed by atoms with Crippen molar-refractivity contribution in [2.45, 2.75) is 51.7 Å². The van der Waals surface area contributed by atoms with E-state index in [-0.39, 0.29) is 12.2 Å². The van der Waals surface area contributed by atoms with Crippen molar-refractivity contribution in [1.29, 1.82) is 0 Å². The van der Waals surface area contributed by atoms with Crippen LogP contribution in [0.25, 0.3) is 0 Å². The normalized spacial score (nSPS) is 24.9. The van der Waals surface area contributed by atoms with Gasteiger partial charge in [-0.15, -0.1) is 0 Å². The summed E-state index contributed by atoms with van der Waals surface area (Å²) in [4.78, 5) is 0.418. The van der Waals surface area contributed by atoms with Crippen molar-refractivity contribution in [2.75, 3.05) is 13.1 Å². The molecule has 4 nitrogen and oxygen atoms in total. The van der Waals surface area contributed by atoms with Gasteiger partial charge in [0.15, 0.2) is 0 Å². The second-order valence-corrected chi connectivity index (χ2v) is 7.62. The zero-order chi connectivity index (χ0) is 15.1. The fraction of sp³-hybridized carbons (Fsp3) is 0.600. The fourth-order valence-corrected chi connectivity index (χ4v) is 4.55. The van der Waals surface area contributed by atoms with Gasteiger partial charge in [-0.1, -0.05) is 6.07 Å². The summed E-state index contributed by atoms with van der Waals surface area (Å²) in [6.45, 7) is 10.5. The molecule has 1 aliphatic rings. The van der Waals surface area contributed by atoms with Gasteiger partial charge in [-0.05, 0) is 57.4 Å². The smallest absolute Gasteiger partial charge is 0.243 e. The lowest BCUT2D eigenvalue weighted by Gasteiger charge is -2.34. The van der Waals surface area contributed by atoms with E-state index in [1.165, 1.54) is 0 Å². The molecule has 20 heavy (non-hydrogen) atoms. The Labute approximate surface area is 121 Å². The van der Waals surface area contributed by atoms with Crippen LogP contribution in [0.2, 0.25) is 0 Å². The largest absolute Gasteiger partial charge is 0.373 e. The summed E-state index contributed by atoms with van der Waals surface area (Å²) in [7, 11) is -3.44. The molecule has 0 aromatic heterocycles. The first-order valence-corrected chi connectivity index (χ1v) is 8.40. The van der Waals surface area contributed by atoms with Gasteiger partial charge in [0.2, 0.25) is 10.0 Å². The third kappa shape index (κ3) is 2.75. The number of hydrogen-bond acceptors (Lipinski definition) is 3. The summed E-state index contributed by atoms with van der Waals surface area (Å²) in [6, 6.07) is 3.60. The van der Waals surface area contributed by atoms with Gasteiger partial charge in [0.1, 0.15) is 0 Å². The standard InChI is InChI=1S/C15H23NO3S/c1-10-6-7-15(14(5)13(10)4)20(17,18)16-8-11(2)19-12(3)9-16/h6-7,11-12H,8-9H2,1-5H3/t11-,12-/m0/s1. The zero-order valence-corrected chi connectivity index (χ0v) is 13.6. The molecule has 0 aliphatic carbocycles. The number of aryl methyl sites for hydroxylation is 1. The van der Waals surface area contributed by atoms with Gasteiger partial charge < -0.3 is 4.74 Å². The van der Waals surface area contributed by atoms with E-state index in [9.17, 15) is 8.42 Å². The molecule has 112 valence electrons. The summed E-state index contributed by atoms with van der Waals surface area (Å²) in [5, 5.41) is 0. The van der Waals surface area contributed by atoms with E-state index in [0.717, 1.165) is 16.7 Å². The second kappa shape index (κ2) is 5.47. The lowest BCUT2D eigenvalue weighted by Crippen LogP contribution is -2.48. The van der Waals surface area contributed by atoms with Gasteiger partial charge >= 0.3 is 0 Å². The van der Waals surface area contributed by atoms with Crippen molar-refractivity contribution in [3.05, 3.63) is 28.8 Å². The van der Waals surface area contributed by atoms with Crippen LogP contribution in [-0.4, -0.2) is 38.0 Å². The highest BCUT2D eigenvalue weighted by Gasteiger charge is 2.33. The average Bonchev–Trinajstić information content (AvgIpc) is 2.34. The Morgan fingerprint density at radius 2 is 1.60 bits per heavy atom. The molecule has 2 atom stereocenters. The highest BCUT2D eigenvalue weighted by Crippen LogP contribution is 2.26. The van der Waals surface area contributed by atoms with Gasteiger partial charge in [-0.2, -0.15) is 4.31 Å². The Morgan fingerprint density at radius 3 is 2.15 bits per heavy atom. The first kappa shape index (κ1) is 15.5. The first-order valence-electron chi connectivity index (χ1n) is 6.96. The van der Waals surface area contributed by atoms with Crippen molar-refractivity contribution < 1.29 is 13.2 Å². The number of nitrogens with zero attached hydrogens (tertiary/aromatic N) is 1. The van der Waals surface area contributed by atoms with E-state index in [1.807, 2.05) is 40.7 Å². The van der Waals surface area contributed by atoms with Crippen LogP contribution in [0.15, 0.2) is 17.0 Å². The summed E-state index contributed by atoms with van der Waals surface area (Å²) in [5.41, 5.74) is 3.00. The number of sulfonamides is 1. The Balaban J connectivity index is 2.43. The SMILES string of the molecule is Cc1ccc(S(=O)(=O)N2C[C@H](C)O[C@@H](C)C2)c(C)c1C. The van der Waals surface area contributed by atoms with Crippen molar-refractivity contribution >= 4 is 10.0 Å². The molecule has 0 bridgehead atoms. The van der Waals surface area contributed by atoms with E-state index in [1.54, 1.807) is 10.4 Å².